The molecule has 13 heavy (non-hydrogen) atoms. The molecule has 0 aliphatic rings. The van der Waals surface area contributed by atoms with E-state index in [1.807, 2.05) is 6.92 Å². The van der Waals surface area contributed by atoms with Gasteiger partial charge in [-0.05, 0) is 11.2 Å². The van der Waals surface area contributed by atoms with E-state index < -0.39 is 10.8 Å². The van der Waals surface area contributed by atoms with E-state index in [4.69, 9.17) is 0 Å². The van der Waals surface area contributed by atoms with E-state index in [1.54, 1.807) is 0 Å². The van der Waals surface area contributed by atoms with Crippen molar-refractivity contribution in [2.45, 2.75) is 13.3 Å². The van der Waals surface area contributed by atoms with Crippen molar-refractivity contribution in [2.24, 2.45) is 0 Å². The van der Waals surface area contributed by atoms with E-state index in [1.165, 1.54) is 0 Å². The lowest BCUT2D eigenvalue weighted by Crippen LogP contribution is -2.44. The first-order valence-electron chi connectivity index (χ1n) is 4.13. The van der Waals surface area contributed by atoms with Crippen molar-refractivity contribution in [3.05, 3.63) is 12.7 Å². The summed E-state index contributed by atoms with van der Waals surface area (Å²) in [6, 6.07) is 0. The molecule has 2 N–H and O–H groups in total. The number of hydrogen-bond acceptors (Lipinski definition) is 4. The number of hydroxylamine groups is 4. The summed E-state index contributed by atoms with van der Waals surface area (Å²) in [5.74, 6) is -0.559. The van der Waals surface area contributed by atoms with Crippen LogP contribution in [-0.4, -0.2) is 40.9 Å². The van der Waals surface area contributed by atoms with Crippen LogP contribution in [-0.2, 0) is 9.53 Å². The molecule has 0 aliphatic heterocycles. The highest BCUT2D eigenvalue weighted by Crippen LogP contribution is 1.97. The van der Waals surface area contributed by atoms with Crippen molar-refractivity contribution >= 4 is 5.97 Å². The second-order valence-electron chi connectivity index (χ2n) is 2.70. The van der Waals surface area contributed by atoms with Gasteiger partial charge in [0.2, 0.25) is 0 Å². The second-order valence-corrected chi connectivity index (χ2v) is 2.70. The van der Waals surface area contributed by atoms with Gasteiger partial charge in [0, 0.05) is 6.08 Å². The van der Waals surface area contributed by atoms with Gasteiger partial charge in [-0.3, -0.25) is 0 Å². The maximum absolute atomic E-state index is 10.5. The maximum Gasteiger partial charge on any atom is 0.330 e. The van der Waals surface area contributed by atoms with E-state index in [0.29, 0.717) is 6.42 Å². The highest BCUT2D eigenvalue weighted by Gasteiger charge is 2.21. The first-order valence-corrected chi connectivity index (χ1v) is 4.13. The summed E-state index contributed by atoms with van der Waals surface area (Å²) in [7, 11) is 0. The molecule has 0 radical (unpaired) electrons. The highest BCUT2D eigenvalue weighted by atomic mass is 16.8. The van der Waals surface area contributed by atoms with Crippen LogP contribution in [0.15, 0.2) is 12.7 Å². The summed E-state index contributed by atoms with van der Waals surface area (Å²) in [4.78, 5) is 9.43. The second kappa shape index (κ2) is 5.69. The zero-order chi connectivity index (χ0) is 10.3. The summed E-state index contributed by atoms with van der Waals surface area (Å²) in [6.45, 7) is 5.19. The summed E-state index contributed by atoms with van der Waals surface area (Å²) >= 11 is 0. The summed E-state index contributed by atoms with van der Waals surface area (Å²) in [5, 5.41) is 18.4. The minimum absolute atomic E-state index is 0.0299. The fourth-order valence-corrected chi connectivity index (χ4v) is 0.821. The fourth-order valence-electron chi connectivity index (χ4n) is 0.821. The van der Waals surface area contributed by atoms with Crippen LogP contribution in [0, 0.1) is 0 Å². The molecule has 5 nitrogen and oxygen atoms in total. The van der Waals surface area contributed by atoms with Gasteiger partial charge in [0.1, 0.15) is 13.2 Å². The zero-order valence-electron chi connectivity index (χ0n) is 7.77. The Hall–Kier alpha value is -0.910. The van der Waals surface area contributed by atoms with E-state index in [-0.39, 0.29) is 19.7 Å². The molecule has 5 heteroatoms. The van der Waals surface area contributed by atoms with Gasteiger partial charge >= 0.3 is 5.97 Å². The predicted molar refractivity (Wildman–Crippen MR) is 45.0 cm³/mol. The Morgan fingerprint density at radius 2 is 2.15 bits per heavy atom. The minimum Gasteiger partial charge on any atom is -0.456 e. The summed E-state index contributed by atoms with van der Waals surface area (Å²) in [5.41, 5.74) is 0. The first-order chi connectivity index (χ1) is 6.02. The van der Waals surface area contributed by atoms with Crippen LogP contribution in [0.4, 0.5) is 0 Å². The number of nitrogens with zero attached hydrogens (tertiary/aromatic N) is 1. The molecule has 0 atom stereocenters. The molecule has 0 heterocycles. The van der Waals surface area contributed by atoms with Crippen LogP contribution in [0.3, 0.4) is 0 Å². The SMILES string of the molecule is C=CC(=O)OCC[N+](O)(O)CCC. The number of esters is 1. The Morgan fingerprint density at radius 3 is 2.62 bits per heavy atom. The number of carbonyl (C=O) groups excluding carboxylic acids is 1. The Morgan fingerprint density at radius 1 is 1.54 bits per heavy atom. The van der Waals surface area contributed by atoms with Crippen molar-refractivity contribution in [3.63, 3.8) is 0 Å². The van der Waals surface area contributed by atoms with Gasteiger partial charge in [0.15, 0.2) is 6.54 Å². The topological polar surface area (TPSA) is 66.8 Å². The average molecular weight is 190 g/mol. The average Bonchev–Trinajstić information content (AvgIpc) is 2.03. The van der Waals surface area contributed by atoms with Gasteiger partial charge < -0.3 is 4.74 Å². The smallest absolute Gasteiger partial charge is 0.330 e. The van der Waals surface area contributed by atoms with Crippen LogP contribution in [0.2, 0.25) is 0 Å². The normalized spacial score (nSPS) is 11.0. The number of quaternary nitrogens is 1. The van der Waals surface area contributed by atoms with Crippen LogP contribution in [0.5, 0.6) is 0 Å². The monoisotopic (exact) mass is 190 g/mol. The number of hydrogen-bond donors (Lipinski definition) is 2. The van der Waals surface area contributed by atoms with Crippen molar-refractivity contribution < 1.29 is 24.8 Å². The number of carbonyl (C=O) groups is 1. The molecule has 0 aliphatic carbocycles. The molecule has 0 amide bonds. The molecule has 0 spiro atoms. The highest BCUT2D eigenvalue weighted by molar-refractivity contribution is 5.81. The van der Waals surface area contributed by atoms with Crippen molar-refractivity contribution in [1.82, 2.24) is 0 Å². The zero-order valence-corrected chi connectivity index (χ0v) is 7.77. The lowest BCUT2D eigenvalue weighted by molar-refractivity contribution is -1.24. The van der Waals surface area contributed by atoms with Gasteiger partial charge in [-0.15, -0.1) is 0 Å². The Labute approximate surface area is 77.3 Å². The van der Waals surface area contributed by atoms with Gasteiger partial charge in [0.25, 0.3) is 0 Å². The lowest BCUT2D eigenvalue weighted by Gasteiger charge is -2.19. The van der Waals surface area contributed by atoms with Gasteiger partial charge in [-0.1, -0.05) is 13.5 Å². The molecule has 0 aromatic rings. The molecular formula is C8H16NO4+. The van der Waals surface area contributed by atoms with Crippen LogP contribution < -0.4 is 0 Å². The molecule has 0 rings (SSSR count). The third kappa shape index (κ3) is 6.27. The predicted octanol–water partition coefficient (Wildman–Crippen LogP) is 0.721. The lowest BCUT2D eigenvalue weighted by atomic mass is 10.4. The van der Waals surface area contributed by atoms with Gasteiger partial charge in [0.05, 0.1) is 0 Å². The summed E-state index contributed by atoms with van der Waals surface area (Å²) in [6.07, 6.45) is 1.67. The third-order valence-electron chi connectivity index (χ3n) is 1.44. The quantitative estimate of drug-likeness (QED) is 0.280. The largest absolute Gasteiger partial charge is 0.456 e. The maximum atomic E-state index is 10.5. The van der Waals surface area contributed by atoms with E-state index in [9.17, 15) is 15.2 Å². The van der Waals surface area contributed by atoms with Gasteiger partial charge in [-0.2, -0.15) is 10.4 Å². The molecule has 0 bridgehead atoms. The molecule has 76 valence electrons. The molecule has 0 aromatic heterocycles. The molecule has 0 fully saturated rings. The minimum atomic E-state index is -1.11. The number of rotatable bonds is 6. The molecule has 0 unspecified atom stereocenters. The molecular weight excluding hydrogens is 174 g/mol. The van der Waals surface area contributed by atoms with Crippen LogP contribution >= 0.6 is 0 Å². The molecule has 0 aromatic carbocycles. The van der Waals surface area contributed by atoms with Crippen LogP contribution in [0.1, 0.15) is 13.3 Å². The number of ether oxygens (including phenoxy) is 1. The molecule has 0 saturated heterocycles. The van der Waals surface area contributed by atoms with Crippen molar-refractivity contribution in [1.29, 1.82) is 0 Å². The van der Waals surface area contributed by atoms with E-state index >= 15 is 0 Å². The Balaban J connectivity index is 3.62. The van der Waals surface area contributed by atoms with Crippen LogP contribution in [0.25, 0.3) is 0 Å². The van der Waals surface area contributed by atoms with Crippen molar-refractivity contribution in [2.75, 3.05) is 19.7 Å². The van der Waals surface area contributed by atoms with Gasteiger partial charge in [-0.25, -0.2) is 4.79 Å². The third-order valence-corrected chi connectivity index (χ3v) is 1.44. The first kappa shape index (κ1) is 12.1. The fraction of sp³-hybridized carbons (Fsp3) is 0.625. The summed E-state index contributed by atoms with van der Waals surface area (Å²) < 4.78 is 4.58. The van der Waals surface area contributed by atoms with Crippen molar-refractivity contribution in [3.8, 4) is 0 Å². The van der Waals surface area contributed by atoms with E-state index in [0.717, 1.165) is 6.08 Å². The standard InChI is InChI=1S/C8H16NO4/c1-3-5-9(11,12)6-7-13-8(10)4-2/h4,11-12H,2-3,5-7H2,1H3/q+1. The Kier molecular flexibility index (Phi) is 5.29. The Bertz CT molecular complexity index is 179. The van der Waals surface area contributed by atoms with E-state index in [2.05, 4.69) is 11.3 Å². The molecule has 0 saturated carbocycles.